The van der Waals surface area contributed by atoms with Crippen LogP contribution in [-0.2, 0) is 11.2 Å². The number of nitrogens with one attached hydrogen (secondary N) is 1. The van der Waals surface area contributed by atoms with Crippen molar-refractivity contribution in [1.82, 2.24) is 5.32 Å². The Labute approximate surface area is 123 Å². The minimum atomic E-state index is -0.721. The van der Waals surface area contributed by atoms with Crippen molar-refractivity contribution in [1.29, 1.82) is 0 Å². The second-order valence-corrected chi connectivity index (χ2v) is 5.69. The topological polar surface area (TPSA) is 66.4 Å². The van der Waals surface area contributed by atoms with Crippen molar-refractivity contribution in [2.75, 3.05) is 7.05 Å². The van der Waals surface area contributed by atoms with E-state index in [2.05, 4.69) is 5.32 Å². The van der Waals surface area contributed by atoms with Crippen LogP contribution in [0.15, 0.2) is 18.2 Å². The normalized spacial score (nSPS) is 21.8. The van der Waals surface area contributed by atoms with Crippen molar-refractivity contribution < 1.29 is 19.1 Å². The third kappa shape index (κ3) is 4.03. The molecule has 1 aromatic rings. The lowest BCUT2D eigenvalue weighted by Gasteiger charge is -2.26. The Bertz CT molecular complexity index is 536. The van der Waals surface area contributed by atoms with E-state index in [0.29, 0.717) is 30.7 Å². The molecule has 5 heteroatoms. The van der Waals surface area contributed by atoms with Crippen LogP contribution in [0.1, 0.15) is 41.6 Å². The van der Waals surface area contributed by atoms with Gasteiger partial charge >= 0.3 is 5.97 Å². The lowest BCUT2D eigenvalue weighted by atomic mass is 9.79. The molecular weight excluding hydrogens is 273 g/mol. The van der Waals surface area contributed by atoms with Crippen molar-refractivity contribution in [3.05, 3.63) is 35.1 Å². The lowest BCUT2D eigenvalue weighted by Crippen LogP contribution is -2.22. The number of hydrogen-bond donors (Lipinski definition) is 2. The van der Waals surface area contributed by atoms with Crippen LogP contribution in [0.25, 0.3) is 0 Å². The van der Waals surface area contributed by atoms with Gasteiger partial charge < -0.3 is 10.4 Å². The predicted octanol–water partition coefficient (Wildman–Crippen LogP) is 2.62. The van der Waals surface area contributed by atoms with Crippen LogP contribution in [0.4, 0.5) is 4.39 Å². The Morgan fingerprint density at radius 3 is 2.48 bits per heavy atom. The summed E-state index contributed by atoms with van der Waals surface area (Å²) in [6, 6.07) is 4.39. The van der Waals surface area contributed by atoms with Crippen LogP contribution in [0.3, 0.4) is 0 Å². The molecule has 0 atom stereocenters. The van der Waals surface area contributed by atoms with E-state index in [1.807, 2.05) is 0 Å². The third-order valence-corrected chi connectivity index (χ3v) is 4.17. The van der Waals surface area contributed by atoms with Gasteiger partial charge in [-0.3, -0.25) is 9.59 Å². The van der Waals surface area contributed by atoms with E-state index in [9.17, 15) is 14.0 Å². The highest BCUT2D eigenvalue weighted by molar-refractivity contribution is 5.94. The molecule has 0 heterocycles. The quantitative estimate of drug-likeness (QED) is 0.896. The van der Waals surface area contributed by atoms with Gasteiger partial charge in [0.05, 0.1) is 5.92 Å². The molecule has 1 aliphatic carbocycles. The first-order valence-corrected chi connectivity index (χ1v) is 7.24. The summed E-state index contributed by atoms with van der Waals surface area (Å²) in [4.78, 5) is 22.5. The smallest absolute Gasteiger partial charge is 0.306 e. The number of hydrogen-bond acceptors (Lipinski definition) is 2. The summed E-state index contributed by atoms with van der Waals surface area (Å²) in [7, 11) is 1.51. The van der Waals surface area contributed by atoms with Gasteiger partial charge in [-0.15, -0.1) is 0 Å². The van der Waals surface area contributed by atoms with E-state index in [1.165, 1.54) is 19.2 Å². The number of carbonyl (C=O) groups is 2. The summed E-state index contributed by atoms with van der Waals surface area (Å²) >= 11 is 0. The van der Waals surface area contributed by atoms with Gasteiger partial charge in [-0.2, -0.15) is 0 Å². The first kappa shape index (κ1) is 15.5. The number of carbonyl (C=O) groups excluding carboxylic acids is 1. The summed E-state index contributed by atoms with van der Waals surface area (Å²) in [5.74, 6) is -1.31. The van der Waals surface area contributed by atoms with Gasteiger partial charge in [0.2, 0.25) is 0 Å². The summed E-state index contributed by atoms with van der Waals surface area (Å²) in [5.41, 5.74) is 1.12. The van der Waals surface area contributed by atoms with Gasteiger partial charge in [0.1, 0.15) is 5.82 Å². The maximum atomic E-state index is 13.6. The molecule has 4 nitrogen and oxygen atoms in total. The Morgan fingerprint density at radius 1 is 1.24 bits per heavy atom. The molecule has 0 unspecified atom stereocenters. The fraction of sp³-hybridized carbons (Fsp3) is 0.500. The third-order valence-electron chi connectivity index (χ3n) is 4.17. The second kappa shape index (κ2) is 6.70. The van der Waals surface area contributed by atoms with Crippen LogP contribution >= 0.6 is 0 Å². The molecule has 1 aliphatic rings. The van der Waals surface area contributed by atoms with Gasteiger partial charge in [-0.05, 0) is 61.8 Å². The van der Waals surface area contributed by atoms with Crippen molar-refractivity contribution in [2.24, 2.45) is 11.8 Å². The average molecular weight is 293 g/mol. The summed E-state index contributed by atoms with van der Waals surface area (Å²) in [6.45, 7) is 0. The van der Waals surface area contributed by atoms with Crippen LogP contribution in [-0.4, -0.2) is 24.0 Å². The van der Waals surface area contributed by atoms with E-state index in [4.69, 9.17) is 5.11 Å². The molecule has 0 aromatic heterocycles. The fourth-order valence-electron chi connectivity index (χ4n) is 2.99. The molecule has 0 saturated heterocycles. The molecule has 1 saturated carbocycles. The molecule has 0 aliphatic heterocycles. The Kier molecular flexibility index (Phi) is 4.94. The number of benzene rings is 1. The van der Waals surface area contributed by atoms with E-state index < -0.39 is 11.8 Å². The number of amides is 1. The maximum Gasteiger partial charge on any atom is 0.306 e. The molecule has 0 radical (unpaired) electrons. The van der Waals surface area contributed by atoms with E-state index >= 15 is 0 Å². The molecule has 0 spiro atoms. The molecule has 2 N–H and O–H groups in total. The summed E-state index contributed by atoms with van der Waals surface area (Å²) in [5, 5.41) is 11.5. The summed E-state index contributed by atoms with van der Waals surface area (Å²) in [6.07, 6.45) is 3.72. The van der Waals surface area contributed by atoms with Crippen LogP contribution < -0.4 is 5.32 Å². The number of rotatable bonds is 4. The Balaban J connectivity index is 2.02. The minimum absolute atomic E-state index is 0.241. The minimum Gasteiger partial charge on any atom is -0.481 e. The van der Waals surface area contributed by atoms with Crippen LogP contribution in [0.2, 0.25) is 0 Å². The van der Waals surface area contributed by atoms with E-state index in [0.717, 1.165) is 18.4 Å². The zero-order valence-corrected chi connectivity index (χ0v) is 12.1. The molecule has 1 aromatic carbocycles. The molecular formula is C16H20FNO3. The highest BCUT2D eigenvalue weighted by Crippen LogP contribution is 2.31. The average Bonchev–Trinajstić information content (AvgIpc) is 2.46. The van der Waals surface area contributed by atoms with Gasteiger partial charge in [0.25, 0.3) is 5.91 Å². The second-order valence-electron chi connectivity index (χ2n) is 5.69. The van der Waals surface area contributed by atoms with Crippen LogP contribution in [0.5, 0.6) is 0 Å². The predicted molar refractivity (Wildman–Crippen MR) is 76.6 cm³/mol. The fourth-order valence-corrected chi connectivity index (χ4v) is 2.99. The number of carboxylic acid groups (broad SMARTS) is 1. The van der Waals surface area contributed by atoms with Crippen LogP contribution in [0, 0.1) is 17.7 Å². The van der Waals surface area contributed by atoms with Gasteiger partial charge in [0.15, 0.2) is 0 Å². The standard InChI is InChI=1S/C16H20FNO3/c1-18-15(19)13-7-11(8-14(17)9-13)6-10-2-4-12(5-3-10)16(20)21/h7-10,12H,2-6H2,1H3,(H,18,19)(H,20,21). The zero-order valence-electron chi connectivity index (χ0n) is 12.1. The van der Waals surface area contributed by atoms with Crippen molar-refractivity contribution >= 4 is 11.9 Å². The Morgan fingerprint density at radius 2 is 1.90 bits per heavy atom. The Hall–Kier alpha value is -1.91. The number of aliphatic carboxylic acids is 1. The molecule has 1 fully saturated rings. The van der Waals surface area contributed by atoms with E-state index in [1.54, 1.807) is 6.07 Å². The monoisotopic (exact) mass is 293 g/mol. The van der Waals surface area contributed by atoms with Crippen molar-refractivity contribution in [3.8, 4) is 0 Å². The zero-order chi connectivity index (χ0) is 15.4. The molecule has 2 rings (SSSR count). The molecule has 1 amide bonds. The van der Waals surface area contributed by atoms with Crippen molar-refractivity contribution in [3.63, 3.8) is 0 Å². The largest absolute Gasteiger partial charge is 0.481 e. The highest BCUT2D eigenvalue weighted by Gasteiger charge is 2.26. The van der Waals surface area contributed by atoms with E-state index in [-0.39, 0.29) is 11.8 Å². The van der Waals surface area contributed by atoms with Gasteiger partial charge in [-0.1, -0.05) is 0 Å². The molecule has 0 bridgehead atoms. The SMILES string of the molecule is CNC(=O)c1cc(F)cc(CC2CCC(C(=O)O)CC2)c1. The van der Waals surface area contributed by atoms with Gasteiger partial charge in [0, 0.05) is 12.6 Å². The highest BCUT2D eigenvalue weighted by atomic mass is 19.1. The first-order valence-electron chi connectivity index (χ1n) is 7.24. The maximum absolute atomic E-state index is 13.6. The summed E-state index contributed by atoms with van der Waals surface area (Å²) < 4.78 is 13.6. The van der Waals surface area contributed by atoms with Gasteiger partial charge in [-0.25, -0.2) is 4.39 Å². The van der Waals surface area contributed by atoms with Crippen molar-refractivity contribution in [2.45, 2.75) is 32.1 Å². The first-order chi connectivity index (χ1) is 9.99. The molecule has 21 heavy (non-hydrogen) atoms. The molecule has 114 valence electrons. The lowest BCUT2D eigenvalue weighted by molar-refractivity contribution is -0.143. The number of halogens is 1. The number of carboxylic acids is 1.